The van der Waals surface area contributed by atoms with Gasteiger partial charge in [0.1, 0.15) is 11.4 Å². The van der Waals surface area contributed by atoms with Crippen LogP contribution in [0.15, 0.2) is 30.9 Å². The predicted octanol–water partition coefficient (Wildman–Crippen LogP) is 2.03. The largest absolute Gasteiger partial charge is 0.490 e. The molecule has 3 aromatic rings. The van der Waals surface area contributed by atoms with Gasteiger partial charge in [-0.1, -0.05) is 12.8 Å². The Bertz CT molecular complexity index is 1130. The third-order valence-electron chi connectivity index (χ3n) is 4.97. The Kier molecular flexibility index (Phi) is 7.16. The Balaban J connectivity index is 0.000000383. The molecule has 0 radical (unpaired) electrons. The molecule has 33 heavy (non-hydrogen) atoms. The fourth-order valence-electron chi connectivity index (χ4n) is 3.32. The number of hydrogen-bond acceptors (Lipinski definition) is 7. The summed E-state index contributed by atoms with van der Waals surface area (Å²) in [6.07, 6.45) is 5.94. The lowest BCUT2D eigenvalue weighted by atomic mass is 9.91. The second kappa shape index (κ2) is 9.85. The zero-order valence-electron chi connectivity index (χ0n) is 17.6. The first kappa shape index (κ1) is 24.0. The number of rotatable bonds is 4. The normalized spacial score (nSPS) is 18.3. The topological polar surface area (TPSA) is 152 Å². The van der Waals surface area contributed by atoms with Crippen LogP contribution in [-0.4, -0.2) is 59.6 Å². The SMILES string of the molecule is Cn1cc(NC(=O)c2cnn3ccc(N[C@@H]4CCCC[C@@H]4N)nc23)cn1.O=C(O)C(F)(F)F. The minimum atomic E-state index is -5.08. The van der Waals surface area contributed by atoms with E-state index in [-0.39, 0.29) is 18.0 Å². The second-order valence-corrected chi connectivity index (χ2v) is 7.50. The average Bonchev–Trinajstić information content (AvgIpc) is 3.35. The summed E-state index contributed by atoms with van der Waals surface area (Å²) in [7, 11) is 1.79. The highest BCUT2D eigenvalue weighted by Gasteiger charge is 2.38. The highest BCUT2D eigenvalue weighted by atomic mass is 19.4. The van der Waals surface area contributed by atoms with E-state index in [9.17, 15) is 18.0 Å². The van der Waals surface area contributed by atoms with Gasteiger partial charge in [0, 0.05) is 31.5 Å². The van der Waals surface area contributed by atoms with E-state index in [0.717, 1.165) is 12.8 Å². The zero-order valence-corrected chi connectivity index (χ0v) is 17.6. The monoisotopic (exact) mass is 468 g/mol. The first-order valence-electron chi connectivity index (χ1n) is 10.0. The lowest BCUT2D eigenvalue weighted by Crippen LogP contribution is -2.42. The van der Waals surface area contributed by atoms with Crippen molar-refractivity contribution in [1.82, 2.24) is 24.4 Å². The number of halogens is 3. The van der Waals surface area contributed by atoms with Crippen LogP contribution in [0.4, 0.5) is 24.7 Å². The van der Waals surface area contributed by atoms with Crippen molar-refractivity contribution in [3.8, 4) is 0 Å². The summed E-state index contributed by atoms with van der Waals surface area (Å²) >= 11 is 0. The molecule has 1 amide bonds. The molecule has 2 atom stereocenters. The fraction of sp³-hybridized carbons (Fsp3) is 0.421. The van der Waals surface area contributed by atoms with Crippen LogP contribution >= 0.6 is 0 Å². The number of carboxylic acids is 1. The van der Waals surface area contributed by atoms with Crippen LogP contribution in [0.2, 0.25) is 0 Å². The van der Waals surface area contributed by atoms with Crippen LogP contribution in [0.25, 0.3) is 5.65 Å². The van der Waals surface area contributed by atoms with Crippen molar-refractivity contribution in [3.05, 3.63) is 36.4 Å². The smallest absolute Gasteiger partial charge is 0.475 e. The summed E-state index contributed by atoms with van der Waals surface area (Å²) in [6.45, 7) is 0. The molecule has 5 N–H and O–H groups in total. The van der Waals surface area contributed by atoms with E-state index < -0.39 is 12.1 Å². The van der Waals surface area contributed by atoms with E-state index in [1.165, 1.54) is 19.0 Å². The molecule has 0 spiro atoms. The van der Waals surface area contributed by atoms with Crippen molar-refractivity contribution >= 4 is 29.0 Å². The number of anilines is 2. The minimum Gasteiger partial charge on any atom is -0.475 e. The molecule has 4 rings (SSSR count). The zero-order chi connectivity index (χ0) is 24.2. The number of nitrogens with zero attached hydrogens (tertiary/aromatic N) is 5. The predicted molar refractivity (Wildman–Crippen MR) is 112 cm³/mol. The number of hydrogen-bond donors (Lipinski definition) is 4. The van der Waals surface area contributed by atoms with Gasteiger partial charge in [0.2, 0.25) is 0 Å². The summed E-state index contributed by atoms with van der Waals surface area (Å²) < 4.78 is 34.9. The van der Waals surface area contributed by atoms with Crippen LogP contribution in [0, 0.1) is 0 Å². The van der Waals surface area contributed by atoms with Gasteiger partial charge in [-0.3, -0.25) is 9.48 Å². The standard InChI is InChI=1S/C17H22N8O.C2HF3O2/c1-24-10-11(8-19-24)21-17(26)12-9-20-25-7-6-15(23-16(12)25)22-14-5-3-2-4-13(14)18;3-2(4,5)1(6)7/h6-10,13-14H,2-5,18H2,1H3,(H,21,26)(H,22,23);(H,6,7)/t13-,14+;/m0./s1. The molecule has 11 nitrogen and oxygen atoms in total. The van der Waals surface area contributed by atoms with Gasteiger partial charge in [-0.05, 0) is 18.9 Å². The van der Waals surface area contributed by atoms with Crippen molar-refractivity contribution < 1.29 is 27.9 Å². The van der Waals surface area contributed by atoms with E-state index in [1.807, 2.05) is 6.07 Å². The van der Waals surface area contributed by atoms with E-state index >= 15 is 0 Å². The molecule has 1 aliphatic carbocycles. The molecule has 178 valence electrons. The number of fused-ring (bicyclic) bond motifs is 1. The van der Waals surface area contributed by atoms with Crippen molar-refractivity contribution in [3.63, 3.8) is 0 Å². The number of amides is 1. The van der Waals surface area contributed by atoms with Crippen LogP contribution in [0.1, 0.15) is 36.0 Å². The van der Waals surface area contributed by atoms with Gasteiger partial charge in [-0.25, -0.2) is 14.3 Å². The van der Waals surface area contributed by atoms with Crippen LogP contribution in [-0.2, 0) is 11.8 Å². The number of carboxylic acid groups (broad SMARTS) is 1. The van der Waals surface area contributed by atoms with Gasteiger partial charge in [0.15, 0.2) is 5.65 Å². The number of carbonyl (C=O) groups is 2. The number of aliphatic carboxylic acids is 1. The first-order valence-corrected chi connectivity index (χ1v) is 10.0. The molecule has 0 aromatic carbocycles. The lowest BCUT2D eigenvalue weighted by molar-refractivity contribution is -0.192. The number of carbonyl (C=O) groups excluding carboxylic acids is 1. The van der Waals surface area contributed by atoms with Crippen molar-refractivity contribution in [2.24, 2.45) is 12.8 Å². The molecule has 0 saturated heterocycles. The van der Waals surface area contributed by atoms with Crippen LogP contribution < -0.4 is 16.4 Å². The van der Waals surface area contributed by atoms with Crippen molar-refractivity contribution in [2.75, 3.05) is 10.6 Å². The third kappa shape index (κ3) is 6.19. The fourth-order valence-corrected chi connectivity index (χ4v) is 3.32. The minimum absolute atomic E-state index is 0.125. The van der Waals surface area contributed by atoms with E-state index in [4.69, 9.17) is 15.6 Å². The first-order chi connectivity index (χ1) is 15.5. The number of alkyl halides is 3. The van der Waals surface area contributed by atoms with Crippen LogP contribution in [0.3, 0.4) is 0 Å². The van der Waals surface area contributed by atoms with Gasteiger partial charge in [0.05, 0.1) is 18.1 Å². The summed E-state index contributed by atoms with van der Waals surface area (Å²) in [6, 6.07) is 2.18. The molecular weight excluding hydrogens is 445 g/mol. The second-order valence-electron chi connectivity index (χ2n) is 7.50. The molecule has 1 aliphatic rings. The Labute approximate surface area is 185 Å². The number of aromatic nitrogens is 5. The third-order valence-corrected chi connectivity index (χ3v) is 4.97. The van der Waals surface area contributed by atoms with E-state index in [1.54, 1.807) is 34.8 Å². The molecule has 3 aromatic heterocycles. The lowest BCUT2D eigenvalue weighted by Gasteiger charge is -2.29. The van der Waals surface area contributed by atoms with E-state index in [2.05, 4.69) is 25.8 Å². The Hall–Kier alpha value is -3.68. The number of nitrogens with two attached hydrogens (primary N) is 1. The Morgan fingerprint density at radius 1 is 1.21 bits per heavy atom. The Morgan fingerprint density at radius 2 is 1.91 bits per heavy atom. The van der Waals surface area contributed by atoms with Crippen LogP contribution in [0.5, 0.6) is 0 Å². The number of nitrogens with one attached hydrogen (secondary N) is 2. The van der Waals surface area contributed by atoms with Gasteiger partial charge in [0.25, 0.3) is 5.91 Å². The molecule has 1 saturated carbocycles. The average molecular weight is 468 g/mol. The summed E-state index contributed by atoms with van der Waals surface area (Å²) in [5.74, 6) is -2.32. The molecule has 14 heteroatoms. The highest BCUT2D eigenvalue weighted by Crippen LogP contribution is 2.21. The van der Waals surface area contributed by atoms with Gasteiger partial charge in [-0.15, -0.1) is 0 Å². The molecule has 0 unspecified atom stereocenters. The van der Waals surface area contributed by atoms with E-state index in [0.29, 0.717) is 22.7 Å². The van der Waals surface area contributed by atoms with Gasteiger partial charge in [-0.2, -0.15) is 23.4 Å². The van der Waals surface area contributed by atoms with Gasteiger partial charge < -0.3 is 21.5 Å². The molecule has 0 aliphatic heterocycles. The maximum atomic E-state index is 12.6. The summed E-state index contributed by atoms with van der Waals surface area (Å²) in [5.41, 5.74) is 7.74. The molecular formula is C19H23F3N8O3. The molecule has 1 fully saturated rings. The quantitative estimate of drug-likeness (QED) is 0.454. The summed E-state index contributed by atoms with van der Waals surface area (Å²) in [4.78, 5) is 26.0. The maximum Gasteiger partial charge on any atom is 0.490 e. The van der Waals surface area contributed by atoms with Crippen molar-refractivity contribution in [2.45, 2.75) is 43.9 Å². The Morgan fingerprint density at radius 3 is 2.52 bits per heavy atom. The number of aryl methyl sites for hydroxylation is 1. The summed E-state index contributed by atoms with van der Waals surface area (Å²) in [5, 5.41) is 21.6. The van der Waals surface area contributed by atoms with Gasteiger partial charge >= 0.3 is 12.1 Å². The molecule has 0 bridgehead atoms. The molecule has 3 heterocycles. The maximum absolute atomic E-state index is 12.6. The highest BCUT2D eigenvalue weighted by molar-refractivity contribution is 6.08. The van der Waals surface area contributed by atoms with Crippen molar-refractivity contribution in [1.29, 1.82) is 0 Å².